The van der Waals surface area contributed by atoms with Gasteiger partial charge in [-0.3, -0.25) is 4.90 Å². The number of nitrogens with two attached hydrogens (primary N) is 1. The summed E-state index contributed by atoms with van der Waals surface area (Å²) >= 11 is 0. The fraction of sp³-hybridized carbons (Fsp3) is 0.484. The van der Waals surface area contributed by atoms with Crippen LogP contribution in [0.3, 0.4) is 0 Å². The number of likely N-dealkylation sites (N-methyl/N-ethyl adjacent to an activating group) is 1. The summed E-state index contributed by atoms with van der Waals surface area (Å²) in [6.07, 6.45) is 7.21. The van der Waals surface area contributed by atoms with Crippen LogP contribution in [0.15, 0.2) is 60.1 Å². The van der Waals surface area contributed by atoms with Gasteiger partial charge in [0, 0.05) is 24.0 Å². The zero-order valence-electron chi connectivity index (χ0n) is 23.2. The molecule has 0 radical (unpaired) electrons. The number of aryl methyl sites for hydroxylation is 1. The maximum atomic E-state index is 14.9. The summed E-state index contributed by atoms with van der Waals surface area (Å²) in [5, 5.41) is 9.92. The van der Waals surface area contributed by atoms with Crippen molar-refractivity contribution in [3.8, 4) is 11.5 Å². The third-order valence-electron chi connectivity index (χ3n) is 7.55. The maximum absolute atomic E-state index is 14.9. The molecule has 0 fully saturated rings. The Morgan fingerprint density at radius 2 is 1.79 bits per heavy atom. The van der Waals surface area contributed by atoms with Crippen LogP contribution < -0.4 is 10.5 Å². The lowest BCUT2D eigenvalue weighted by Gasteiger charge is -2.41. The number of benzene rings is 2. The smallest absolute Gasteiger partial charge is 0.165 e. The Hall–Kier alpha value is -3.03. The van der Waals surface area contributed by atoms with Crippen LogP contribution in [0.2, 0.25) is 0 Å². The standard InChI is InChI=1S/C31H41FN2O4/c1-6-34(18-20-7-12-28(26(32)13-20)38-19-31(2,3)33)27-17-30(37-5)29(36-4)16-25(27)23-9-8-22-15-24(35)11-10-21(22)14-23/h7,10-13,15-17,23,25,27,35H,6,8-9,14,18-19,33H2,1-5H3/t23-,25?,27?/m1/s1. The molecule has 0 bridgehead atoms. The quantitative estimate of drug-likeness (QED) is 0.437. The molecule has 0 saturated heterocycles. The van der Waals surface area contributed by atoms with E-state index < -0.39 is 5.54 Å². The minimum absolute atomic E-state index is 0.0505. The summed E-state index contributed by atoms with van der Waals surface area (Å²) < 4.78 is 31.9. The Bertz CT molecular complexity index is 1190. The van der Waals surface area contributed by atoms with Gasteiger partial charge >= 0.3 is 0 Å². The number of fused-ring (bicyclic) bond motifs is 1. The number of rotatable bonds is 10. The third kappa shape index (κ3) is 6.51. The molecule has 2 aliphatic rings. The van der Waals surface area contributed by atoms with E-state index in [0.29, 0.717) is 24.0 Å². The normalized spacial score (nSPS) is 21.4. The van der Waals surface area contributed by atoms with Gasteiger partial charge in [0.1, 0.15) is 12.4 Å². The molecule has 38 heavy (non-hydrogen) atoms. The van der Waals surface area contributed by atoms with Gasteiger partial charge in [-0.05, 0) is 98.7 Å². The monoisotopic (exact) mass is 524 g/mol. The van der Waals surface area contributed by atoms with E-state index in [1.165, 1.54) is 11.1 Å². The highest BCUT2D eigenvalue weighted by atomic mass is 19.1. The number of aromatic hydroxyl groups is 1. The third-order valence-corrected chi connectivity index (χ3v) is 7.55. The predicted octanol–water partition coefficient (Wildman–Crippen LogP) is 5.33. The Morgan fingerprint density at radius 1 is 1.05 bits per heavy atom. The van der Waals surface area contributed by atoms with E-state index in [1.807, 2.05) is 32.0 Å². The van der Waals surface area contributed by atoms with E-state index in [-0.39, 0.29) is 30.1 Å². The molecule has 0 heterocycles. The first-order valence-corrected chi connectivity index (χ1v) is 13.4. The number of ether oxygens (including phenoxy) is 3. The highest BCUT2D eigenvalue weighted by Crippen LogP contribution is 2.39. The zero-order chi connectivity index (χ0) is 27.4. The predicted molar refractivity (Wildman–Crippen MR) is 147 cm³/mol. The van der Waals surface area contributed by atoms with Gasteiger partial charge in [0.25, 0.3) is 0 Å². The Balaban J connectivity index is 1.58. The van der Waals surface area contributed by atoms with Crippen LogP contribution in [0, 0.1) is 17.7 Å². The average Bonchev–Trinajstić information content (AvgIpc) is 2.89. The molecule has 2 aliphatic carbocycles. The van der Waals surface area contributed by atoms with Gasteiger partial charge in [-0.25, -0.2) is 4.39 Å². The largest absolute Gasteiger partial charge is 0.508 e. The number of nitrogens with zero attached hydrogens (tertiary/aromatic N) is 1. The van der Waals surface area contributed by atoms with Crippen molar-refractivity contribution in [1.29, 1.82) is 0 Å². The van der Waals surface area contributed by atoms with Gasteiger partial charge in [-0.15, -0.1) is 0 Å². The topological polar surface area (TPSA) is 77.2 Å². The lowest BCUT2D eigenvalue weighted by atomic mass is 9.72. The zero-order valence-corrected chi connectivity index (χ0v) is 23.2. The van der Waals surface area contributed by atoms with Crippen LogP contribution in [0.4, 0.5) is 4.39 Å². The Labute approximate surface area is 225 Å². The Kier molecular flexibility index (Phi) is 8.68. The summed E-state index contributed by atoms with van der Waals surface area (Å²) in [6.45, 7) is 7.42. The number of methoxy groups -OCH3 is 2. The van der Waals surface area contributed by atoms with Crippen LogP contribution in [0.5, 0.6) is 11.5 Å². The highest BCUT2D eigenvalue weighted by molar-refractivity contribution is 5.38. The summed E-state index contributed by atoms with van der Waals surface area (Å²) in [7, 11) is 3.33. The molecule has 2 unspecified atom stereocenters. The molecule has 6 nitrogen and oxygen atoms in total. The van der Waals surface area contributed by atoms with Crippen molar-refractivity contribution in [1.82, 2.24) is 4.90 Å². The molecule has 3 N–H and O–H groups in total. The van der Waals surface area contributed by atoms with Crippen LogP contribution in [-0.4, -0.2) is 49.0 Å². The van der Waals surface area contributed by atoms with Crippen molar-refractivity contribution in [2.24, 2.45) is 17.6 Å². The van der Waals surface area contributed by atoms with Crippen molar-refractivity contribution in [3.63, 3.8) is 0 Å². The molecular formula is C31H41FN2O4. The summed E-state index contributed by atoms with van der Waals surface area (Å²) in [5.74, 6) is 2.18. The molecule has 0 saturated carbocycles. The number of hydrogen-bond donors (Lipinski definition) is 2. The first kappa shape index (κ1) is 28.0. The van der Waals surface area contributed by atoms with E-state index in [4.69, 9.17) is 19.9 Å². The van der Waals surface area contributed by atoms with E-state index >= 15 is 0 Å². The molecule has 0 aromatic heterocycles. The molecule has 2 aromatic rings. The first-order valence-electron chi connectivity index (χ1n) is 13.4. The minimum atomic E-state index is -0.542. The lowest BCUT2D eigenvalue weighted by Crippen LogP contribution is -2.44. The van der Waals surface area contributed by atoms with E-state index in [0.717, 1.165) is 37.1 Å². The van der Waals surface area contributed by atoms with Gasteiger partial charge in [-0.1, -0.05) is 19.1 Å². The van der Waals surface area contributed by atoms with E-state index in [9.17, 15) is 9.50 Å². The van der Waals surface area contributed by atoms with E-state index in [1.54, 1.807) is 32.4 Å². The average molecular weight is 525 g/mol. The van der Waals surface area contributed by atoms with Gasteiger partial charge in [0.15, 0.2) is 23.1 Å². The second-order valence-electron chi connectivity index (χ2n) is 11.1. The van der Waals surface area contributed by atoms with Crippen molar-refractivity contribution in [2.45, 2.75) is 58.2 Å². The van der Waals surface area contributed by atoms with Crippen LogP contribution in [0.1, 0.15) is 43.9 Å². The molecule has 2 aromatic carbocycles. The molecular weight excluding hydrogens is 483 g/mol. The van der Waals surface area contributed by atoms with Crippen molar-refractivity contribution in [3.05, 3.63) is 82.6 Å². The maximum Gasteiger partial charge on any atom is 0.165 e. The van der Waals surface area contributed by atoms with Crippen molar-refractivity contribution in [2.75, 3.05) is 27.4 Å². The highest BCUT2D eigenvalue weighted by Gasteiger charge is 2.37. The second kappa shape index (κ2) is 11.8. The fourth-order valence-electron chi connectivity index (χ4n) is 5.59. The molecule has 0 spiro atoms. The molecule has 206 valence electrons. The van der Waals surface area contributed by atoms with Crippen LogP contribution in [0.25, 0.3) is 0 Å². The van der Waals surface area contributed by atoms with Gasteiger partial charge in [0.05, 0.1) is 14.2 Å². The number of halogens is 1. The molecule has 0 aliphatic heterocycles. The van der Waals surface area contributed by atoms with Gasteiger partial charge in [0.2, 0.25) is 0 Å². The van der Waals surface area contributed by atoms with Crippen LogP contribution in [-0.2, 0) is 28.9 Å². The molecule has 3 atom stereocenters. The van der Waals surface area contributed by atoms with Crippen LogP contribution >= 0.6 is 0 Å². The number of phenols is 1. The number of phenolic OH excluding ortho intramolecular Hbond substituents is 1. The SMILES string of the molecule is CCN(Cc1ccc(OCC(C)(C)N)c(F)c1)C1C=C(OC)C(OC)=CC1[C@@H]1CCc2cc(O)ccc2C1. The molecule has 4 rings (SSSR count). The fourth-order valence-corrected chi connectivity index (χ4v) is 5.59. The summed E-state index contributed by atoms with van der Waals surface area (Å²) in [5.41, 5.74) is 8.83. The first-order chi connectivity index (χ1) is 18.1. The number of hydrogen-bond acceptors (Lipinski definition) is 6. The second-order valence-corrected chi connectivity index (χ2v) is 11.1. The van der Waals surface area contributed by atoms with Crippen molar-refractivity contribution < 1.29 is 23.7 Å². The van der Waals surface area contributed by atoms with E-state index in [2.05, 4.69) is 24.0 Å². The summed E-state index contributed by atoms with van der Waals surface area (Å²) in [6, 6.07) is 10.9. The van der Waals surface area contributed by atoms with Gasteiger partial charge in [-0.2, -0.15) is 0 Å². The minimum Gasteiger partial charge on any atom is -0.508 e. The van der Waals surface area contributed by atoms with Gasteiger partial charge < -0.3 is 25.1 Å². The Morgan fingerprint density at radius 3 is 2.45 bits per heavy atom. The molecule has 7 heteroatoms. The van der Waals surface area contributed by atoms with Crippen molar-refractivity contribution >= 4 is 0 Å². The molecule has 0 amide bonds. The lowest BCUT2D eigenvalue weighted by molar-refractivity contribution is 0.132. The summed E-state index contributed by atoms with van der Waals surface area (Å²) in [4.78, 5) is 2.36.